The first-order valence-corrected chi connectivity index (χ1v) is 6.81. The second kappa shape index (κ2) is 4.58. The first-order valence-electron chi connectivity index (χ1n) is 5.93. The van der Waals surface area contributed by atoms with E-state index in [1.54, 1.807) is 0 Å². The van der Waals surface area contributed by atoms with Crippen LogP contribution in [0.25, 0.3) is 10.2 Å². The topological polar surface area (TPSA) is 73.8 Å². The van der Waals surface area contributed by atoms with E-state index >= 15 is 0 Å². The van der Waals surface area contributed by atoms with E-state index in [4.69, 9.17) is 4.52 Å². The molecule has 0 aliphatic rings. The van der Waals surface area contributed by atoms with Gasteiger partial charge in [-0.05, 0) is 17.9 Å². The maximum Gasteiger partial charge on any atom is 0.271 e. The van der Waals surface area contributed by atoms with Gasteiger partial charge in [0.2, 0.25) is 5.89 Å². The van der Waals surface area contributed by atoms with Crippen LogP contribution in [0.5, 0.6) is 0 Å². The quantitative estimate of drug-likeness (QED) is 0.728. The lowest BCUT2D eigenvalue weighted by Crippen LogP contribution is -2.20. The molecule has 6 nitrogen and oxygen atoms in total. The van der Waals surface area contributed by atoms with Crippen molar-refractivity contribution >= 4 is 21.6 Å². The smallest absolute Gasteiger partial charge is 0.271 e. The van der Waals surface area contributed by atoms with Crippen molar-refractivity contribution in [2.24, 2.45) is 0 Å². The van der Waals surface area contributed by atoms with Crippen LogP contribution in [-0.2, 0) is 13.0 Å². The highest BCUT2D eigenvalue weighted by atomic mass is 32.1. The third kappa shape index (κ3) is 2.06. The molecule has 0 radical (unpaired) electrons. The van der Waals surface area contributed by atoms with Crippen LogP contribution in [0.1, 0.15) is 24.2 Å². The Kier molecular flexibility index (Phi) is 2.90. The Labute approximate surface area is 112 Å². The van der Waals surface area contributed by atoms with Crippen molar-refractivity contribution in [3.05, 3.63) is 39.3 Å². The normalized spacial score (nSPS) is 11.3. The van der Waals surface area contributed by atoms with Gasteiger partial charge in [0, 0.05) is 6.42 Å². The summed E-state index contributed by atoms with van der Waals surface area (Å²) >= 11 is 1.41. The van der Waals surface area contributed by atoms with Gasteiger partial charge in [0.1, 0.15) is 11.2 Å². The molecule has 0 atom stereocenters. The minimum absolute atomic E-state index is 0.0700. The van der Waals surface area contributed by atoms with Gasteiger partial charge in [-0.2, -0.15) is 4.98 Å². The van der Waals surface area contributed by atoms with Gasteiger partial charge >= 0.3 is 0 Å². The SMILES string of the molecule is CCc1noc(Cn2cnc3c(C)csc3c2=O)n1. The van der Waals surface area contributed by atoms with Crippen molar-refractivity contribution in [1.29, 1.82) is 0 Å². The van der Waals surface area contributed by atoms with Crippen LogP contribution in [0.15, 0.2) is 21.0 Å². The largest absolute Gasteiger partial charge is 0.337 e. The molecule has 7 heteroatoms. The Morgan fingerprint density at radius 2 is 2.32 bits per heavy atom. The van der Waals surface area contributed by atoms with Crippen LogP contribution >= 0.6 is 11.3 Å². The third-order valence-electron chi connectivity index (χ3n) is 2.86. The van der Waals surface area contributed by atoms with Crippen molar-refractivity contribution < 1.29 is 4.52 Å². The highest BCUT2D eigenvalue weighted by Gasteiger charge is 2.11. The van der Waals surface area contributed by atoms with E-state index in [1.807, 2.05) is 19.2 Å². The zero-order valence-electron chi connectivity index (χ0n) is 10.6. The lowest BCUT2D eigenvalue weighted by molar-refractivity contribution is 0.365. The number of nitrogens with zero attached hydrogens (tertiary/aromatic N) is 4. The molecule has 3 rings (SSSR count). The highest BCUT2D eigenvalue weighted by Crippen LogP contribution is 2.19. The summed E-state index contributed by atoms with van der Waals surface area (Å²) < 4.78 is 7.24. The number of aryl methyl sites for hydroxylation is 2. The predicted molar refractivity (Wildman–Crippen MR) is 71.4 cm³/mol. The Bertz CT molecular complexity index is 786. The standard InChI is InChI=1S/C12H12N4O2S/c1-3-8-14-9(18-15-8)4-16-6-13-10-7(2)5-19-11(10)12(16)17/h5-6H,3-4H2,1-2H3. The highest BCUT2D eigenvalue weighted by molar-refractivity contribution is 7.17. The van der Waals surface area contributed by atoms with Crippen molar-refractivity contribution in [3.8, 4) is 0 Å². The van der Waals surface area contributed by atoms with Gasteiger partial charge in [0.05, 0.1) is 11.8 Å². The van der Waals surface area contributed by atoms with E-state index in [0.29, 0.717) is 22.8 Å². The molecule has 0 aliphatic heterocycles. The predicted octanol–water partition coefficient (Wildman–Crippen LogP) is 1.76. The van der Waals surface area contributed by atoms with Crippen molar-refractivity contribution in [1.82, 2.24) is 19.7 Å². The van der Waals surface area contributed by atoms with Gasteiger partial charge in [0.25, 0.3) is 5.56 Å². The molecule has 19 heavy (non-hydrogen) atoms. The van der Waals surface area contributed by atoms with E-state index in [1.165, 1.54) is 22.2 Å². The Morgan fingerprint density at radius 3 is 3.05 bits per heavy atom. The van der Waals surface area contributed by atoms with Gasteiger partial charge in [-0.15, -0.1) is 11.3 Å². The summed E-state index contributed by atoms with van der Waals surface area (Å²) in [6.07, 6.45) is 2.24. The minimum Gasteiger partial charge on any atom is -0.337 e. The fourth-order valence-electron chi connectivity index (χ4n) is 1.82. The molecule has 0 fully saturated rings. The van der Waals surface area contributed by atoms with Crippen molar-refractivity contribution in [2.75, 3.05) is 0 Å². The third-order valence-corrected chi connectivity index (χ3v) is 3.93. The molecule has 0 aliphatic carbocycles. The van der Waals surface area contributed by atoms with Gasteiger partial charge in [-0.3, -0.25) is 9.36 Å². The number of fused-ring (bicyclic) bond motifs is 1. The molecule has 3 heterocycles. The average Bonchev–Trinajstić information content (AvgIpc) is 3.00. The first kappa shape index (κ1) is 12.0. The molecule has 0 spiro atoms. The summed E-state index contributed by atoms with van der Waals surface area (Å²) in [5.41, 5.74) is 1.72. The van der Waals surface area contributed by atoms with E-state index in [0.717, 1.165) is 11.1 Å². The monoisotopic (exact) mass is 276 g/mol. The lowest BCUT2D eigenvalue weighted by atomic mass is 10.3. The molecular formula is C12H12N4O2S. The van der Waals surface area contributed by atoms with Crippen molar-refractivity contribution in [2.45, 2.75) is 26.8 Å². The van der Waals surface area contributed by atoms with E-state index in [-0.39, 0.29) is 12.1 Å². The molecule has 0 amide bonds. The van der Waals surface area contributed by atoms with E-state index in [9.17, 15) is 4.79 Å². The Morgan fingerprint density at radius 1 is 1.47 bits per heavy atom. The molecule has 0 saturated carbocycles. The number of hydrogen-bond donors (Lipinski definition) is 0. The maximum atomic E-state index is 12.3. The molecule has 3 aromatic heterocycles. The lowest BCUT2D eigenvalue weighted by Gasteiger charge is -2.01. The molecular weight excluding hydrogens is 264 g/mol. The average molecular weight is 276 g/mol. The van der Waals surface area contributed by atoms with Crippen LogP contribution in [0.2, 0.25) is 0 Å². The fraction of sp³-hybridized carbons (Fsp3) is 0.333. The van der Waals surface area contributed by atoms with E-state index < -0.39 is 0 Å². The van der Waals surface area contributed by atoms with Gasteiger partial charge in [-0.25, -0.2) is 4.98 Å². The maximum absolute atomic E-state index is 12.3. The Hall–Kier alpha value is -2.02. The molecule has 0 unspecified atom stereocenters. The van der Waals surface area contributed by atoms with Crippen LogP contribution in [0.4, 0.5) is 0 Å². The fourth-order valence-corrected chi connectivity index (χ4v) is 2.77. The molecule has 0 bridgehead atoms. The van der Waals surface area contributed by atoms with Crippen LogP contribution < -0.4 is 5.56 Å². The van der Waals surface area contributed by atoms with Gasteiger partial charge in [0.15, 0.2) is 5.82 Å². The first-order chi connectivity index (χ1) is 9.19. The number of hydrogen-bond acceptors (Lipinski definition) is 6. The summed E-state index contributed by atoms with van der Waals surface area (Å²) in [6.45, 7) is 4.15. The second-order valence-corrected chi connectivity index (χ2v) is 5.11. The minimum atomic E-state index is -0.0700. The molecule has 0 aromatic carbocycles. The van der Waals surface area contributed by atoms with Crippen molar-refractivity contribution in [3.63, 3.8) is 0 Å². The van der Waals surface area contributed by atoms with Gasteiger partial charge in [-0.1, -0.05) is 12.1 Å². The van der Waals surface area contributed by atoms with Gasteiger partial charge < -0.3 is 4.52 Å². The number of thiophene rings is 1. The zero-order valence-corrected chi connectivity index (χ0v) is 11.4. The van der Waals surface area contributed by atoms with E-state index in [2.05, 4.69) is 15.1 Å². The van der Waals surface area contributed by atoms with Crippen LogP contribution in [0.3, 0.4) is 0 Å². The molecule has 3 aromatic rings. The van der Waals surface area contributed by atoms with Crippen LogP contribution in [0, 0.1) is 6.92 Å². The second-order valence-electron chi connectivity index (χ2n) is 4.23. The summed E-state index contributed by atoms with van der Waals surface area (Å²) in [6, 6.07) is 0. The number of aromatic nitrogens is 4. The summed E-state index contributed by atoms with van der Waals surface area (Å²) in [4.78, 5) is 20.8. The molecule has 0 N–H and O–H groups in total. The molecule has 98 valence electrons. The summed E-state index contributed by atoms with van der Waals surface area (Å²) in [7, 11) is 0. The zero-order chi connectivity index (χ0) is 13.4. The van der Waals surface area contributed by atoms with Crippen LogP contribution in [-0.4, -0.2) is 19.7 Å². The summed E-state index contributed by atoms with van der Waals surface area (Å²) in [5, 5.41) is 5.74. The summed E-state index contributed by atoms with van der Waals surface area (Å²) in [5.74, 6) is 1.07. The Balaban J connectivity index is 2.01. The number of rotatable bonds is 3. The molecule has 0 saturated heterocycles.